The van der Waals surface area contributed by atoms with Crippen molar-refractivity contribution in [3.63, 3.8) is 0 Å². The minimum absolute atomic E-state index is 0.169. The molecule has 2 aliphatic carbocycles. The maximum atomic E-state index is 12.8. The molecule has 1 aromatic rings. The molecule has 0 aromatic heterocycles. The molecule has 1 saturated carbocycles. The summed E-state index contributed by atoms with van der Waals surface area (Å²) in [6.07, 6.45) is 10.6. The second-order valence-corrected chi connectivity index (χ2v) is 7.54. The van der Waals surface area contributed by atoms with Crippen LogP contribution in [0.3, 0.4) is 0 Å². The highest BCUT2D eigenvalue weighted by molar-refractivity contribution is 6.06. The number of fused-ring (bicyclic) bond motifs is 5. The average molecular weight is 392 g/mol. The summed E-state index contributed by atoms with van der Waals surface area (Å²) in [6, 6.07) is 3.66. The highest BCUT2D eigenvalue weighted by atomic mass is 16.5. The van der Waals surface area contributed by atoms with Crippen LogP contribution in [0.2, 0.25) is 0 Å². The molecule has 2 amide bonds. The molecule has 1 saturated heterocycles. The standard InChI is InChI=1S/C23H24N2O4/c1-4-6-17-10-14(11-18(28-3)21(17)29-9-5-2)13-24-25-22(26)19-15-7-8-16(12-15)20(19)23(25)27/h4-5,7-8,10-11,13,15-16,19-20H,1-2,6,9,12H2,3H3/t15-,16-,19-,20+/m0/s1. The molecule has 0 N–H and O–H groups in total. The number of ether oxygens (including phenoxy) is 2. The molecule has 1 heterocycles. The van der Waals surface area contributed by atoms with E-state index in [0.717, 1.165) is 17.0 Å². The van der Waals surface area contributed by atoms with Gasteiger partial charge in [0.15, 0.2) is 11.5 Å². The Balaban J connectivity index is 1.60. The molecule has 6 heteroatoms. The van der Waals surface area contributed by atoms with Gasteiger partial charge < -0.3 is 9.47 Å². The van der Waals surface area contributed by atoms with Crippen LogP contribution in [0.4, 0.5) is 0 Å². The summed E-state index contributed by atoms with van der Waals surface area (Å²) in [5, 5.41) is 5.29. The molecule has 2 bridgehead atoms. The van der Waals surface area contributed by atoms with Crippen LogP contribution in [-0.2, 0) is 16.0 Å². The summed E-state index contributed by atoms with van der Waals surface area (Å²) in [5.74, 6) is 0.602. The molecule has 3 aliphatic rings. The van der Waals surface area contributed by atoms with Crippen LogP contribution in [0.5, 0.6) is 11.5 Å². The zero-order valence-electron chi connectivity index (χ0n) is 16.4. The lowest BCUT2D eigenvalue weighted by Gasteiger charge is -2.15. The smallest absolute Gasteiger partial charge is 0.254 e. The van der Waals surface area contributed by atoms with Gasteiger partial charge in [-0.2, -0.15) is 10.1 Å². The fourth-order valence-corrected chi connectivity index (χ4v) is 4.65. The Kier molecular flexibility index (Phi) is 5.09. The molecular formula is C23H24N2O4. The zero-order chi connectivity index (χ0) is 20.5. The number of imide groups is 1. The summed E-state index contributed by atoms with van der Waals surface area (Å²) < 4.78 is 11.2. The van der Waals surface area contributed by atoms with Gasteiger partial charge in [-0.3, -0.25) is 9.59 Å². The topological polar surface area (TPSA) is 68.2 Å². The van der Waals surface area contributed by atoms with Gasteiger partial charge in [-0.1, -0.05) is 30.9 Å². The predicted molar refractivity (Wildman–Crippen MR) is 110 cm³/mol. The van der Waals surface area contributed by atoms with E-state index in [-0.39, 0.29) is 35.5 Å². The Morgan fingerprint density at radius 1 is 1.14 bits per heavy atom. The molecule has 1 aromatic carbocycles. The van der Waals surface area contributed by atoms with Crippen molar-refractivity contribution in [1.29, 1.82) is 0 Å². The molecule has 150 valence electrons. The van der Waals surface area contributed by atoms with Gasteiger partial charge in [-0.25, -0.2) is 0 Å². The summed E-state index contributed by atoms with van der Waals surface area (Å²) in [7, 11) is 1.56. The van der Waals surface area contributed by atoms with Gasteiger partial charge in [-0.05, 0) is 42.4 Å². The Bertz CT molecular complexity index is 903. The van der Waals surface area contributed by atoms with Crippen molar-refractivity contribution in [1.82, 2.24) is 5.01 Å². The predicted octanol–water partition coefficient (Wildman–Crippen LogP) is 3.13. The van der Waals surface area contributed by atoms with Crippen molar-refractivity contribution in [2.75, 3.05) is 13.7 Å². The largest absolute Gasteiger partial charge is 0.493 e. The third-order valence-electron chi connectivity index (χ3n) is 5.85. The number of carbonyl (C=O) groups excluding carboxylic acids is 2. The van der Waals surface area contributed by atoms with Crippen molar-refractivity contribution in [3.8, 4) is 11.5 Å². The van der Waals surface area contributed by atoms with E-state index in [4.69, 9.17) is 9.47 Å². The van der Waals surface area contributed by atoms with Crippen molar-refractivity contribution in [2.45, 2.75) is 12.8 Å². The van der Waals surface area contributed by atoms with E-state index in [2.05, 4.69) is 30.4 Å². The van der Waals surface area contributed by atoms with Crippen LogP contribution in [0.1, 0.15) is 17.5 Å². The zero-order valence-corrected chi connectivity index (χ0v) is 16.4. The maximum Gasteiger partial charge on any atom is 0.254 e. The van der Waals surface area contributed by atoms with Crippen molar-refractivity contribution in [2.24, 2.45) is 28.8 Å². The summed E-state index contributed by atoms with van der Waals surface area (Å²) in [6.45, 7) is 7.81. The van der Waals surface area contributed by atoms with Gasteiger partial charge in [0, 0.05) is 5.56 Å². The normalized spacial score (nSPS) is 27.0. The molecule has 29 heavy (non-hydrogen) atoms. The number of carbonyl (C=O) groups is 2. The van der Waals surface area contributed by atoms with Gasteiger partial charge in [0.2, 0.25) is 0 Å². The Hall–Kier alpha value is -3.15. The first-order valence-corrected chi connectivity index (χ1v) is 9.74. The van der Waals surface area contributed by atoms with E-state index < -0.39 is 0 Å². The first-order valence-electron chi connectivity index (χ1n) is 9.74. The van der Waals surface area contributed by atoms with E-state index in [9.17, 15) is 9.59 Å². The number of hydrazone groups is 1. The average Bonchev–Trinajstić information content (AvgIpc) is 3.40. The molecular weight excluding hydrogens is 368 g/mol. The molecule has 0 unspecified atom stereocenters. The number of hydrogen-bond donors (Lipinski definition) is 0. The Labute approximate surface area is 170 Å². The highest BCUT2D eigenvalue weighted by Crippen LogP contribution is 2.52. The third-order valence-corrected chi connectivity index (χ3v) is 5.85. The third kappa shape index (κ3) is 3.18. The summed E-state index contributed by atoms with van der Waals surface area (Å²) >= 11 is 0. The van der Waals surface area contributed by atoms with Crippen LogP contribution in [0.15, 0.2) is 54.7 Å². The van der Waals surface area contributed by atoms with Crippen LogP contribution in [0, 0.1) is 23.7 Å². The van der Waals surface area contributed by atoms with Gasteiger partial charge in [0.1, 0.15) is 6.61 Å². The van der Waals surface area contributed by atoms with E-state index in [1.165, 1.54) is 6.21 Å². The lowest BCUT2D eigenvalue weighted by atomic mass is 9.85. The molecule has 2 fully saturated rings. The molecule has 4 atom stereocenters. The minimum atomic E-state index is -0.254. The number of methoxy groups -OCH3 is 1. The minimum Gasteiger partial charge on any atom is -0.493 e. The lowest BCUT2D eigenvalue weighted by molar-refractivity contribution is -0.140. The molecule has 0 spiro atoms. The molecule has 0 radical (unpaired) electrons. The van der Waals surface area contributed by atoms with Gasteiger partial charge >= 0.3 is 0 Å². The van der Waals surface area contributed by atoms with Crippen LogP contribution >= 0.6 is 0 Å². The van der Waals surface area contributed by atoms with Gasteiger partial charge in [0.05, 0.1) is 25.2 Å². The number of nitrogens with zero attached hydrogens (tertiary/aromatic N) is 2. The molecule has 6 nitrogen and oxygen atoms in total. The van der Waals surface area contributed by atoms with Gasteiger partial charge in [0.25, 0.3) is 11.8 Å². The summed E-state index contributed by atoms with van der Waals surface area (Å²) in [5.41, 5.74) is 1.59. The number of hydrogen-bond acceptors (Lipinski definition) is 5. The summed E-state index contributed by atoms with van der Waals surface area (Å²) in [4.78, 5) is 25.5. The Morgan fingerprint density at radius 3 is 2.41 bits per heavy atom. The fraction of sp³-hybridized carbons (Fsp3) is 0.348. The second kappa shape index (κ2) is 7.70. The first kappa shape index (κ1) is 19.2. The van der Waals surface area contributed by atoms with Crippen molar-refractivity contribution in [3.05, 3.63) is 60.7 Å². The van der Waals surface area contributed by atoms with E-state index in [1.807, 2.05) is 6.07 Å². The monoisotopic (exact) mass is 392 g/mol. The second-order valence-electron chi connectivity index (χ2n) is 7.54. The number of benzene rings is 1. The van der Waals surface area contributed by atoms with Gasteiger partial charge in [-0.15, -0.1) is 6.58 Å². The van der Waals surface area contributed by atoms with E-state index >= 15 is 0 Å². The molecule has 1 aliphatic heterocycles. The molecule has 4 rings (SSSR count). The van der Waals surface area contributed by atoms with Crippen molar-refractivity contribution < 1.29 is 19.1 Å². The van der Waals surface area contributed by atoms with Crippen LogP contribution in [-0.4, -0.2) is 36.8 Å². The van der Waals surface area contributed by atoms with Crippen LogP contribution in [0.25, 0.3) is 0 Å². The number of rotatable bonds is 8. The van der Waals surface area contributed by atoms with E-state index in [0.29, 0.717) is 30.1 Å². The van der Waals surface area contributed by atoms with Crippen molar-refractivity contribution >= 4 is 18.0 Å². The Morgan fingerprint density at radius 2 is 1.83 bits per heavy atom. The van der Waals surface area contributed by atoms with E-state index in [1.54, 1.807) is 25.3 Å². The first-order chi connectivity index (χ1) is 14.1. The maximum absolute atomic E-state index is 12.8. The number of allylic oxidation sites excluding steroid dienone is 3. The highest BCUT2D eigenvalue weighted by Gasteiger charge is 2.59. The SMILES string of the molecule is C=CCOc1c(CC=C)cc(C=NN2C(=O)[C@@H]3[C@H](C2=O)[C@H]2C=C[C@H]3C2)cc1OC. The fourth-order valence-electron chi connectivity index (χ4n) is 4.65. The number of amides is 2. The quantitative estimate of drug-likeness (QED) is 0.387. The van der Waals surface area contributed by atoms with Crippen LogP contribution < -0.4 is 9.47 Å². The lowest BCUT2D eigenvalue weighted by Crippen LogP contribution is -2.28.